The lowest BCUT2D eigenvalue weighted by Crippen LogP contribution is -2.44. The lowest BCUT2D eigenvalue weighted by Gasteiger charge is -2.09. The summed E-state index contributed by atoms with van der Waals surface area (Å²) in [5.41, 5.74) is 13.4. The van der Waals surface area contributed by atoms with E-state index in [1.165, 1.54) is 11.3 Å². The maximum absolute atomic E-state index is 15.2. The van der Waals surface area contributed by atoms with Crippen LogP contribution in [0.15, 0.2) is 40.8 Å². The Hall–Kier alpha value is -3.37. The van der Waals surface area contributed by atoms with E-state index in [1.54, 1.807) is 30.3 Å². The van der Waals surface area contributed by atoms with Crippen LogP contribution >= 0.6 is 11.3 Å². The van der Waals surface area contributed by atoms with Crippen LogP contribution in [0.2, 0.25) is 0 Å². The second-order valence-corrected chi connectivity index (χ2v) is 8.74. The van der Waals surface area contributed by atoms with E-state index in [1.807, 2.05) is 6.07 Å². The first-order chi connectivity index (χ1) is 14.9. The van der Waals surface area contributed by atoms with Gasteiger partial charge in [0.25, 0.3) is 0 Å². The van der Waals surface area contributed by atoms with Gasteiger partial charge in [-0.05, 0) is 42.7 Å². The van der Waals surface area contributed by atoms with Gasteiger partial charge in [-0.3, -0.25) is 4.79 Å². The number of benzene rings is 2. The van der Waals surface area contributed by atoms with Gasteiger partial charge >= 0.3 is 0 Å². The van der Waals surface area contributed by atoms with E-state index in [0.717, 1.165) is 12.8 Å². The molecule has 0 unspecified atom stereocenters. The summed E-state index contributed by atoms with van der Waals surface area (Å²) in [5.74, 6) is -0.0861. The van der Waals surface area contributed by atoms with E-state index in [0.29, 0.717) is 37.9 Å². The Morgan fingerprint density at radius 3 is 2.81 bits per heavy atom. The van der Waals surface area contributed by atoms with Gasteiger partial charge in [-0.25, -0.2) is 9.37 Å². The third-order valence-corrected chi connectivity index (χ3v) is 6.10. The maximum Gasteiger partial charge on any atom is 0.230 e. The molecule has 1 aliphatic rings. The van der Waals surface area contributed by atoms with Crippen molar-refractivity contribution >= 4 is 33.1 Å². The van der Waals surface area contributed by atoms with Crippen LogP contribution in [-0.2, 0) is 17.6 Å². The number of anilines is 1. The molecule has 2 heterocycles. The number of aromatic nitrogens is 3. The van der Waals surface area contributed by atoms with Crippen LogP contribution in [0.25, 0.3) is 21.3 Å². The summed E-state index contributed by atoms with van der Waals surface area (Å²) in [4.78, 5) is 16.5. The van der Waals surface area contributed by atoms with Gasteiger partial charge in [0.15, 0.2) is 0 Å². The summed E-state index contributed by atoms with van der Waals surface area (Å²) in [6.07, 6.45) is 1.74. The van der Waals surface area contributed by atoms with Gasteiger partial charge in [0.05, 0.1) is 22.3 Å². The number of hydrogen-bond acceptors (Lipinski definition) is 8. The molecule has 1 fully saturated rings. The number of rotatable bonds is 6. The highest BCUT2D eigenvalue weighted by Crippen LogP contribution is 2.33. The van der Waals surface area contributed by atoms with Crippen molar-refractivity contribution in [2.75, 3.05) is 5.73 Å². The third-order valence-electron chi connectivity index (χ3n) is 5.04. The lowest BCUT2D eigenvalue weighted by atomic mass is 10.0. The van der Waals surface area contributed by atoms with Crippen LogP contribution in [0.3, 0.4) is 0 Å². The second-order valence-electron chi connectivity index (χ2n) is 7.66. The van der Waals surface area contributed by atoms with E-state index in [2.05, 4.69) is 20.5 Å². The molecule has 0 atom stereocenters. The van der Waals surface area contributed by atoms with E-state index < -0.39 is 5.66 Å². The number of nitrogens with zero attached hydrogens (tertiary/aromatic N) is 3. The smallest absolute Gasteiger partial charge is 0.230 e. The van der Waals surface area contributed by atoms with Gasteiger partial charge in [-0.2, -0.15) is 0 Å². The standard InChI is InChI=1S/C21H19FN6O2S/c22-19-13(11-2-1-3-12(23)8-11)4-5-14-20(19)31-18(25-14)10-17-28-27-16(30-17)9-15(29)26-21(24)6-7-21/h1-5,8H,6-7,9-10,23-24H2,(H,26,29). The SMILES string of the molecule is Nc1cccc(-c2ccc3nc(Cc4nnc(CC(=O)NC5(N)CC5)o4)sc3c2F)c1. The monoisotopic (exact) mass is 438 g/mol. The molecule has 5 N–H and O–H groups in total. The number of nitrogen functional groups attached to an aromatic ring is 1. The Morgan fingerprint density at radius 2 is 2.03 bits per heavy atom. The van der Waals surface area contributed by atoms with Crippen molar-refractivity contribution in [3.63, 3.8) is 0 Å². The normalized spacial score (nSPS) is 14.6. The average Bonchev–Trinajstić information content (AvgIpc) is 3.11. The first-order valence-electron chi connectivity index (χ1n) is 9.73. The quantitative estimate of drug-likeness (QED) is 0.311. The van der Waals surface area contributed by atoms with Crippen LogP contribution in [0.5, 0.6) is 0 Å². The zero-order chi connectivity index (χ0) is 21.6. The molecule has 0 saturated heterocycles. The highest BCUT2D eigenvalue weighted by atomic mass is 32.1. The second kappa shape index (κ2) is 7.40. The van der Waals surface area contributed by atoms with E-state index in [9.17, 15) is 4.79 Å². The minimum Gasteiger partial charge on any atom is -0.424 e. The molecule has 1 saturated carbocycles. The Kier molecular flexibility index (Phi) is 4.67. The highest BCUT2D eigenvalue weighted by Gasteiger charge is 2.39. The molecule has 31 heavy (non-hydrogen) atoms. The largest absolute Gasteiger partial charge is 0.424 e. The Balaban J connectivity index is 1.34. The van der Waals surface area contributed by atoms with Gasteiger partial charge in [0.2, 0.25) is 17.7 Å². The van der Waals surface area contributed by atoms with Crippen LogP contribution in [0, 0.1) is 5.82 Å². The van der Waals surface area contributed by atoms with Crippen molar-refractivity contribution in [3.05, 3.63) is 59.0 Å². The van der Waals surface area contributed by atoms with Crippen molar-refractivity contribution in [3.8, 4) is 11.1 Å². The fourth-order valence-corrected chi connectivity index (χ4v) is 4.28. The molecule has 0 bridgehead atoms. The minimum absolute atomic E-state index is 0.0377. The summed E-state index contributed by atoms with van der Waals surface area (Å²) in [6, 6.07) is 10.6. The molecule has 158 valence electrons. The van der Waals surface area contributed by atoms with E-state index in [4.69, 9.17) is 15.9 Å². The molecular formula is C21H19FN6O2S. The Labute approximate surface area is 180 Å². The number of thiazole rings is 1. The first-order valence-corrected chi connectivity index (χ1v) is 10.6. The topological polar surface area (TPSA) is 133 Å². The maximum atomic E-state index is 15.2. The zero-order valence-electron chi connectivity index (χ0n) is 16.4. The van der Waals surface area contributed by atoms with Gasteiger partial charge in [-0.15, -0.1) is 21.5 Å². The number of hydrogen-bond donors (Lipinski definition) is 3. The summed E-state index contributed by atoms with van der Waals surface area (Å²) < 4.78 is 21.2. The Bertz CT molecular complexity index is 1300. The molecule has 1 amide bonds. The molecule has 4 aromatic rings. The number of nitrogens with two attached hydrogens (primary N) is 2. The van der Waals surface area contributed by atoms with Crippen molar-refractivity contribution in [2.45, 2.75) is 31.3 Å². The molecule has 2 aromatic carbocycles. The van der Waals surface area contributed by atoms with Gasteiger partial charge < -0.3 is 21.2 Å². The van der Waals surface area contributed by atoms with Crippen LogP contribution in [0.1, 0.15) is 29.6 Å². The first kappa shape index (κ1) is 19.6. The number of amides is 1. The van der Waals surface area contributed by atoms with Crippen molar-refractivity contribution < 1.29 is 13.6 Å². The number of carbonyl (C=O) groups excluding carboxylic acids is 1. The lowest BCUT2D eigenvalue weighted by molar-refractivity contribution is -0.121. The van der Waals surface area contributed by atoms with Crippen LogP contribution in [-0.4, -0.2) is 26.8 Å². The fourth-order valence-electron chi connectivity index (χ4n) is 3.29. The molecule has 0 spiro atoms. The fraction of sp³-hybridized carbons (Fsp3) is 0.238. The molecule has 0 radical (unpaired) electrons. The number of halogens is 1. The number of carbonyl (C=O) groups is 1. The highest BCUT2D eigenvalue weighted by molar-refractivity contribution is 7.18. The molecular weight excluding hydrogens is 419 g/mol. The average molecular weight is 438 g/mol. The molecule has 10 heteroatoms. The van der Waals surface area contributed by atoms with Crippen molar-refractivity contribution in [1.29, 1.82) is 0 Å². The van der Waals surface area contributed by atoms with Crippen molar-refractivity contribution in [1.82, 2.24) is 20.5 Å². The molecule has 0 aliphatic heterocycles. The predicted octanol–water partition coefficient (Wildman–Crippen LogP) is 2.77. The molecule has 5 rings (SSSR count). The minimum atomic E-state index is -0.588. The van der Waals surface area contributed by atoms with Gasteiger partial charge in [0.1, 0.15) is 17.2 Å². The zero-order valence-corrected chi connectivity index (χ0v) is 17.2. The van der Waals surface area contributed by atoms with E-state index in [-0.39, 0.29) is 30.5 Å². The Morgan fingerprint density at radius 1 is 1.23 bits per heavy atom. The molecule has 8 nitrogen and oxygen atoms in total. The van der Waals surface area contributed by atoms with Gasteiger partial charge in [0, 0.05) is 11.3 Å². The number of nitrogens with one attached hydrogen (secondary N) is 1. The summed E-state index contributed by atoms with van der Waals surface area (Å²) in [6.45, 7) is 0. The summed E-state index contributed by atoms with van der Waals surface area (Å²) >= 11 is 1.23. The molecule has 2 aromatic heterocycles. The summed E-state index contributed by atoms with van der Waals surface area (Å²) in [5, 5.41) is 11.3. The third kappa shape index (κ3) is 4.12. The van der Waals surface area contributed by atoms with Crippen LogP contribution in [0.4, 0.5) is 10.1 Å². The molecule has 1 aliphatic carbocycles. The number of fused-ring (bicyclic) bond motifs is 1. The van der Waals surface area contributed by atoms with Gasteiger partial charge in [-0.1, -0.05) is 12.1 Å². The van der Waals surface area contributed by atoms with E-state index >= 15 is 4.39 Å². The summed E-state index contributed by atoms with van der Waals surface area (Å²) in [7, 11) is 0. The van der Waals surface area contributed by atoms with Crippen LogP contribution < -0.4 is 16.8 Å². The van der Waals surface area contributed by atoms with Crippen molar-refractivity contribution in [2.24, 2.45) is 5.73 Å². The predicted molar refractivity (Wildman–Crippen MR) is 115 cm³/mol.